The minimum Gasteiger partial charge on any atom is -0.444 e. The summed E-state index contributed by atoms with van der Waals surface area (Å²) in [5.74, 6) is -0.614. The summed E-state index contributed by atoms with van der Waals surface area (Å²) in [6, 6.07) is 16.7. The number of ether oxygens (including phenoxy) is 1. The van der Waals surface area contributed by atoms with Gasteiger partial charge in [-0.15, -0.1) is 0 Å². The van der Waals surface area contributed by atoms with Crippen LogP contribution in [0.5, 0.6) is 0 Å². The van der Waals surface area contributed by atoms with Crippen molar-refractivity contribution in [2.24, 2.45) is 0 Å². The number of likely N-dealkylation sites (tertiary alicyclic amines) is 1. The van der Waals surface area contributed by atoms with Crippen molar-refractivity contribution in [3.8, 4) is 6.07 Å². The average Bonchev–Trinajstić information content (AvgIpc) is 3.37. The van der Waals surface area contributed by atoms with Gasteiger partial charge in [-0.2, -0.15) is 5.26 Å². The van der Waals surface area contributed by atoms with Gasteiger partial charge in [-0.25, -0.2) is 4.79 Å². The molecule has 1 aliphatic heterocycles. The molecule has 0 radical (unpaired) electrons. The summed E-state index contributed by atoms with van der Waals surface area (Å²) in [6.45, 7) is 3.83. The van der Waals surface area contributed by atoms with Gasteiger partial charge in [0.05, 0.1) is 11.6 Å². The Balaban J connectivity index is 1.70. The minimum atomic E-state index is -0.994. The number of alkyl carbamates (subject to hydrolysis) is 1. The number of benzene rings is 2. The normalized spacial score (nSPS) is 16.5. The Hall–Kier alpha value is -3.86. The fraction of sp³-hybridized carbons (Fsp3) is 0.407. The molecule has 2 N–H and O–H groups in total. The molecular formula is C27H32N4O4. The fourth-order valence-corrected chi connectivity index (χ4v) is 3.98. The third-order valence-corrected chi connectivity index (χ3v) is 5.63. The van der Waals surface area contributed by atoms with Crippen LogP contribution in [0.3, 0.4) is 0 Å². The second-order valence-electron chi connectivity index (χ2n) is 9.25. The second-order valence-corrected chi connectivity index (χ2v) is 9.25. The monoisotopic (exact) mass is 477 g/mol. The molecule has 8 nitrogen and oxygen atoms in total. The van der Waals surface area contributed by atoms with E-state index in [9.17, 15) is 14.4 Å². The summed E-state index contributed by atoms with van der Waals surface area (Å²) in [4.78, 5) is 40.7. The average molecular weight is 478 g/mol. The number of rotatable bonds is 7. The molecule has 184 valence electrons. The highest BCUT2D eigenvalue weighted by atomic mass is 16.6. The zero-order valence-electron chi connectivity index (χ0n) is 21.1. The Labute approximate surface area is 207 Å². The number of hydrogen-bond donors (Lipinski definition) is 2. The summed E-state index contributed by atoms with van der Waals surface area (Å²) in [5, 5.41) is 14.5. The van der Waals surface area contributed by atoms with Crippen molar-refractivity contribution < 1.29 is 20.5 Å². The van der Waals surface area contributed by atoms with Gasteiger partial charge in [0.1, 0.15) is 17.7 Å². The van der Waals surface area contributed by atoms with Crippen molar-refractivity contribution in [1.82, 2.24) is 15.5 Å². The van der Waals surface area contributed by atoms with Crippen LogP contribution in [-0.2, 0) is 27.3 Å². The molecule has 0 unspecified atom stereocenters. The highest BCUT2D eigenvalue weighted by Crippen LogP contribution is 2.20. The zero-order valence-corrected chi connectivity index (χ0v) is 20.1. The topological polar surface area (TPSA) is 112 Å². The van der Waals surface area contributed by atoms with E-state index < -0.39 is 23.8 Å². The van der Waals surface area contributed by atoms with Crippen LogP contribution in [0.15, 0.2) is 54.6 Å². The molecule has 1 heterocycles. The fourth-order valence-electron chi connectivity index (χ4n) is 3.98. The Morgan fingerprint density at radius 2 is 1.89 bits per heavy atom. The molecule has 2 atom stereocenters. The lowest BCUT2D eigenvalue weighted by Gasteiger charge is -2.29. The summed E-state index contributed by atoms with van der Waals surface area (Å²) >= 11 is 0. The molecule has 1 aliphatic rings. The van der Waals surface area contributed by atoms with Gasteiger partial charge in [-0.05, 0) is 56.8 Å². The van der Waals surface area contributed by atoms with Gasteiger partial charge in [0.2, 0.25) is 11.8 Å². The van der Waals surface area contributed by atoms with Crippen molar-refractivity contribution in [3.63, 3.8) is 0 Å². The number of nitrogens with one attached hydrogen (secondary N) is 2. The number of amides is 3. The van der Waals surface area contributed by atoms with E-state index in [1.165, 1.54) is 4.90 Å². The van der Waals surface area contributed by atoms with Gasteiger partial charge in [0.25, 0.3) is 0 Å². The molecule has 3 amide bonds. The summed E-state index contributed by atoms with van der Waals surface area (Å²) in [6.07, 6.45) is 0.670. The van der Waals surface area contributed by atoms with Crippen molar-refractivity contribution >= 4 is 17.9 Å². The zero-order chi connectivity index (χ0) is 26.1. The first-order valence-electron chi connectivity index (χ1n) is 12.3. The molecular weight excluding hydrogens is 444 g/mol. The summed E-state index contributed by atoms with van der Waals surface area (Å²) in [5.41, 5.74) is 1.25. The maximum atomic E-state index is 13.6. The minimum absolute atomic E-state index is 0.120. The van der Waals surface area contributed by atoms with Gasteiger partial charge in [0, 0.05) is 20.9 Å². The van der Waals surface area contributed by atoms with E-state index in [-0.39, 0.29) is 31.7 Å². The van der Waals surface area contributed by atoms with Crippen LogP contribution in [0.4, 0.5) is 4.79 Å². The highest BCUT2D eigenvalue weighted by molar-refractivity contribution is 5.92. The number of carbonyl (C=O) groups is 3. The molecule has 1 fully saturated rings. The van der Waals surface area contributed by atoms with Crippen LogP contribution in [0.1, 0.15) is 51.7 Å². The van der Waals surface area contributed by atoms with Crippen LogP contribution in [0, 0.1) is 11.3 Å². The van der Waals surface area contributed by atoms with Gasteiger partial charge in [0.15, 0.2) is 0 Å². The molecule has 2 aromatic rings. The predicted octanol–water partition coefficient (Wildman–Crippen LogP) is 3.30. The third-order valence-electron chi connectivity index (χ3n) is 5.63. The van der Waals surface area contributed by atoms with Crippen LogP contribution in [-0.4, -0.2) is 47.0 Å². The number of carbonyl (C=O) groups excluding carboxylic acids is 3. The lowest BCUT2D eigenvalue weighted by atomic mass is 10.0. The van der Waals surface area contributed by atoms with Crippen LogP contribution < -0.4 is 10.6 Å². The first kappa shape index (κ1) is 24.3. The molecule has 1 saturated heterocycles. The standard InChI is InChI=1S/C27H32N4O4/c1-27(2,3)35-26(34)30-22(16-19-8-5-4-6-9-19)25(33)31-15-7-10-23(31)24(32)29-18-21-13-11-20(17-28)12-14-21/h4-6,8-9,11-14,22-23H,7,10,15-16,18H2,1-3H3,(H,29,32)(H,30,34)/t22-,23-/m0/s1/i1D. The van der Waals surface area contributed by atoms with E-state index >= 15 is 0 Å². The van der Waals surface area contributed by atoms with E-state index in [1.54, 1.807) is 38.1 Å². The molecule has 0 aliphatic carbocycles. The third kappa shape index (κ3) is 7.57. The van der Waals surface area contributed by atoms with Crippen molar-refractivity contribution in [2.45, 2.75) is 64.2 Å². The number of nitriles is 1. The molecule has 3 rings (SSSR count). The van der Waals surface area contributed by atoms with Crippen LogP contribution in [0.25, 0.3) is 0 Å². The second kappa shape index (κ2) is 11.5. The number of nitrogens with zero attached hydrogens (tertiary/aromatic N) is 2. The maximum absolute atomic E-state index is 13.6. The first-order chi connectivity index (χ1) is 17.2. The van der Waals surface area contributed by atoms with Crippen molar-refractivity contribution in [1.29, 1.82) is 5.26 Å². The van der Waals surface area contributed by atoms with Crippen molar-refractivity contribution in [3.05, 3.63) is 71.3 Å². The first-order valence-corrected chi connectivity index (χ1v) is 11.6. The largest absolute Gasteiger partial charge is 0.444 e. The molecule has 0 bridgehead atoms. The molecule has 0 spiro atoms. The molecule has 0 aromatic heterocycles. The van der Waals surface area contributed by atoms with E-state index in [4.69, 9.17) is 11.4 Å². The SMILES string of the molecule is [2H]CC(C)(C)OC(=O)N[C@@H](Cc1ccccc1)C(=O)N1CCC[C@H]1C(=O)NCc1ccc(C#N)cc1. The quantitative estimate of drug-likeness (QED) is 0.636. The smallest absolute Gasteiger partial charge is 0.408 e. The highest BCUT2D eigenvalue weighted by Gasteiger charge is 2.38. The molecule has 2 aromatic carbocycles. The summed E-state index contributed by atoms with van der Waals surface area (Å²) < 4.78 is 12.9. The predicted molar refractivity (Wildman–Crippen MR) is 131 cm³/mol. The van der Waals surface area contributed by atoms with Gasteiger partial charge in [-0.3, -0.25) is 9.59 Å². The van der Waals surface area contributed by atoms with Crippen LogP contribution >= 0.6 is 0 Å². The van der Waals surface area contributed by atoms with E-state index in [2.05, 4.69) is 16.7 Å². The van der Waals surface area contributed by atoms with Gasteiger partial charge >= 0.3 is 6.09 Å². The summed E-state index contributed by atoms with van der Waals surface area (Å²) in [7, 11) is 0. The lowest BCUT2D eigenvalue weighted by Crippen LogP contribution is -2.54. The Morgan fingerprint density at radius 1 is 1.17 bits per heavy atom. The van der Waals surface area contributed by atoms with Crippen LogP contribution in [0.2, 0.25) is 0 Å². The Kier molecular flexibility index (Phi) is 7.99. The number of hydrogen-bond acceptors (Lipinski definition) is 5. The Morgan fingerprint density at radius 3 is 2.54 bits per heavy atom. The Bertz CT molecular complexity index is 1100. The molecule has 0 saturated carbocycles. The van der Waals surface area contributed by atoms with Gasteiger partial charge < -0.3 is 20.3 Å². The van der Waals surface area contributed by atoms with Gasteiger partial charge in [-0.1, -0.05) is 42.5 Å². The molecule has 35 heavy (non-hydrogen) atoms. The lowest BCUT2D eigenvalue weighted by molar-refractivity contribution is -0.140. The van der Waals surface area contributed by atoms with E-state index in [1.807, 2.05) is 30.3 Å². The van der Waals surface area contributed by atoms with Crippen molar-refractivity contribution in [2.75, 3.05) is 6.54 Å². The van der Waals surface area contributed by atoms with E-state index in [0.29, 0.717) is 24.9 Å². The molecule has 8 heteroatoms. The van der Waals surface area contributed by atoms with E-state index in [0.717, 1.165) is 11.1 Å². The maximum Gasteiger partial charge on any atom is 0.408 e.